The van der Waals surface area contributed by atoms with E-state index in [2.05, 4.69) is 27.4 Å². The molecular formula is C13H22O. The van der Waals surface area contributed by atoms with Crippen LogP contribution in [0.4, 0.5) is 0 Å². The van der Waals surface area contributed by atoms with Gasteiger partial charge in [0.15, 0.2) is 0 Å². The first-order chi connectivity index (χ1) is 6.38. The second-order valence-electron chi connectivity index (χ2n) is 6.05. The van der Waals surface area contributed by atoms with Crippen molar-refractivity contribution in [3.05, 3.63) is 12.2 Å². The first-order valence-electron chi connectivity index (χ1n) is 5.74. The van der Waals surface area contributed by atoms with Crippen LogP contribution < -0.4 is 0 Å². The average molecular weight is 194 g/mol. The van der Waals surface area contributed by atoms with E-state index in [0.29, 0.717) is 11.3 Å². The van der Waals surface area contributed by atoms with Crippen LogP contribution in [0.2, 0.25) is 0 Å². The van der Waals surface area contributed by atoms with Gasteiger partial charge in [-0.3, -0.25) is 0 Å². The van der Waals surface area contributed by atoms with Crippen molar-refractivity contribution in [1.29, 1.82) is 0 Å². The van der Waals surface area contributed by atoms with E-state index in [4.69, 9.17) is 0 Å². The molecule has 0 saturated heterocycles. The Kier molecular flexibility index (Phi) is 2.08. The van der Waals surface area contributed by atoms with Gasteiger partial charge >= 0.3 is 0 Å². The Morgan fingerprint density at radius 2 is 2.00 bits per heavy atom. The zero-order chi connectivity index (χ0) is 10.6. The van der Waals surface area contributed by atoms with Crippen LogP contribution in [0, 0.1) is 16.7 Å². The normalized spacial score (nSPS) is 46.4. The van der Waals surface area contributed by atoms with Crippen molar-refractivity contribution < 1.29 is 5.11 Å². The number of rotatable bonds is 0. The number of hydrogen-bond donors (Lipinski definition) is 1. The van der Waals surface area contributed by atoms with E-state index in [1.807, 2.05) is 0 Å². The molecule has 2 fully saturated rings. The lowest BCUT2D eigenvalue weighted by molar-refractivity contribution is 0.0310. The topological polar surface area (TPSA) is 20.2 Å². The molecule has 1 heteroatoms. The monoisotopic (exact) mass is 194 g/mol. The highest BCUT2D eigenvalue weighted by molar-refractivity contribution is 5.22. The van der Waals surface area contributed by atoms with Crippen LogP contribution in [-0.4, -0.2) is 11.2 Å². The van der Waals surface area contributed by atoms with Gasteiger partial charge in [0.1, 0.15) is 0 Å². The Morgan fingerprint density at radius 1 is 1.36 bits per heavy atom. The van der Waals surface area contributed by atoms with Gasteiger partial charge in [0, 0.05) is 5.92 Å². The minimum atomic E-state index is -0.151. The summed E-state index contributed by atoms with van der Waals surface area (Å²) in [5.41, 5.74) is 1.87. The number of fused-ring (bicyclic) bond motifs is 2. The van der Waals surface area contributed by atoms with Gasteiger partial charge in [-0.2, -0.15) is 0 Å². The third-order valence-corrected chi connectivity index (χ3v) is 5.00. The Bertz CT molecular complexity index is 266. The van der Waals surface area contributed by atoms with Crippen molar-refractivity contribution in [2.45, 2.75) is 52.6 Å². The van der Waals surface area contributed by atoms with Gasteiger partial charge in [-0.1, -0.05) is 39.3 Å². The van der Waals surface area contributed by atoms with Crippen LogP contribution >= 0.6 is 0 Å². The van der Waals surface area contributed by atoms with Crippen LogP contribution in [0.25, 0.3) is 0 Å². The highest BCUT2D eigenvalue weighted by Gasteiger charge is 2.56. The summed E-state index contributed by atoms with van der Waals surface area (Å²) in [6, 6.07) is 0. The molecule has 0 aromatic carbocycles. The number of aliphatic hydroxyl groups is 1. The minimum Gasteiger partial charge on any atom is -0.392 e. The number of hydrogen-bond acceptors (Lipinski definition) is 1. The van der Waals surface area contributed by atoms with E-state index >= 15 is 0 Å². The Balaban J connectivity index is 2.45. The van der Waals surface area contributed by atoms with Crippen molar-refractivity contribution in [1.82, 2.24) is 0 Å². The molecule has 3 atom stereocenters. The predicted molar refractivity (Wildman–Crippen MR) is 59.0 cm³/mol. The average Bonchev–Trinajstić information content (AvgIpc) is 2.11. The molecule has 2 aliphatic carbocycles. The van der Waals surface area contributed by atoms with Crippen LogP contribution in [0.3, 0.4) is 0 Å². The van der Waals surface area contributed by atoms with Crippen LogP contribution in [0.1, 0.15) is 46.5 Å². The summed E-state index contributed by atoms with van der Waals surface area (Å²) in [5.74, 6) is 0.329. The molecule has 0 unspecified atom stereocenters. The molecule has 0 aromatic rings. The molecule has 2 aliphatic rings. The Labute approximate surface area is 87.2 Å². The highest BCUT2D eigenvalue weighted by Crippen LogP contribution is 2.63. The van der Waals surface area contributed by atoms with E-state index in [9.17, 15) is 5.11 Å². The van der Waals surface area contributed by atoms with Crippen molar-refractivity contribution >= 4 is 0 Å². The maximum Gasteiger partial charge on any atom is 0.0610 e. The largest absolute Gasteiger partial charge is 0.392 e. The van der Waals surface area contributed by atoms with E-state index in [1.165, 1.54) is 18.4 Å². The molecule has 0 spiro atoms. The molecule has 14 heavy (non-hydrogen) atoms. The van der Waals surface area contributed by atoms with Gasteiger partial charge in [-0.15, -0.1) is 0 Å². The third kappa shape index (κ3) is 1.11. The standard InChI is InChI=1S/C13H22O/c1-9-8-13(4)7-5-6-10(14)11(9)12(13,2)3/h10-11,14H,1,5-8H2,2-4H3/t10-,11-,13-/m0/s1. The molecule has 0 heterocycles. The van der Waals surface area contributed by atoms with Gasteiger partial charge in [0.05, 0.1) is 6.10 Å². The van der Waals surface area contributed by atoms with E-state index in [-0.39, 0.29) is 11.5 Å². The molecule has 1 N–H and O–H groups in total. The molecule has 0 aromatic heterocycles. The molecule has 2 bridgehead atoms. The quantitative estimate of drug-likeness (QED) is 0.587. The zero-order valence-electron chi connectivity index (χ0n) is 9.64. The fourth-order valence-corrected chi connectivity index (χ4v) is 3.76. The van der Waals surface area contributed by atoms with Gasteiger partial charge in [0.25, 0.3) is 0 Å². The van der Waals surface area contributed by atoms with Gasteiger partial charge < -0.3 is 5.11 Å². The summed E-state index contributed by atoms with van der Waals surface area (Å²) in [4.78, 5) is 0. The lowest BCUT2D eigenvalue weighted by atomic mass is 9.64. The first-order valence-corrected chi connectivity index (χ1v) is 5.74. The fourth-order valence-electron chi connectivity index (χ4n) is 3.76. The van der Waals surface area contributed by atoms with Gasteiger partial charge in [0.2, 0.25) is 0 Å². The van der Waals surface area contributed by atoms with Crippen LogP contribution in [-0.2, 0) is 0 Å². The molecule has 0 amide bonds. The molecule has 2 saturated carbocycles. The molecule has 0 aliphatic heterocycles. The second-order valence-corrected chi connectivity index (χ2v) is 6.05. The summed E-state index contributed by atoms with van der Waals surface area (Å²) in [6.45, 7) is 11.2. The minimum absolute atomic E-state index is 0.151. The van der Waals surface area contributed by atoms with E-state index in [1.54, 1.807) is 0 Å². The van der Waals surface area contributed by atoms with E-state index < -0.39 is 0 Å². The maximum atomic E-state index is 10.1. The molecule has 0 radical (unpaired) electrons. The van der Waals surface area contributed by atoms with Crippen LogP contribution in [0.5, 0.6) is 0 Å². The highest BCUT2D eigenvalue weighted by atomic mass is 16.3. The maximum absolute atomic E-state index is 10.1. The second kappa shape index (κ2) is 2.85. The smallest absolute Gasteiger partial charge is 0.0610 e. The lowest BCUT2D eigenvalue weighted by Crippen LogP contribution is -2.36. The molecule has 80 valence electrons. The van der Waals surface area contributed by atoms with Crippen molar-refractivity contribution in [2.24, 2.45) is 16.7 Å². The van der Waals surface area contributed by atoms with Gasteiger partial charge in [-0.25, -0.2) is 0 Å². The van der Waals surface area contributed by atoms with E-state index in [0.717, 1.165) is 12.8 Å². The summed E-state index contributed by atoms with van der Waals surface area (Å²) in [7, 11) is 0. The zero-order valence-corrected chi connectivity index (χ0v) is 9.64. The fraction of sp³-hybridized carbons (Fsp3) is 0.846. The molecule has 2 rings (SSSR count). The Morgan fingerprint density at radius 3 is 2.64 bits per heavy atom. The summed E-state index contributed by atoms with van der Waals surface area (Å²) >= 11 is 0. The van der Waals surface area contributed by atoms with Crippen LogP contribution in [0.15, 0.2) is 12.2 Å². The van der Waals surface area contributed by atoms with Gasteiger partial charge in [-0.05, 0) is 30.1 Å². The summed E-state index contributed by atoms with van der Waals surface area (Å²) < 4.78 is 0. The number of aliphatic hydroxyl groups excluding tert-OH is 1. The first kappa shape index (κ1) is 10.2. The van der Waals surface area contributed by atoms with Crippen molar-refractivity contribution in [3.8, 4) is 0 Å². The van der Waals surface area contributed by atoms with Crippen molar-refractivity contribution in [3.63, 3.8) is 0 Å². The Hall–Kier alpha value is -0.300. The molecule has 1 nitrogen and oxygen atoms in total. The lowest BCUT2D eigenvalue weighted by Gasteiger charge is -2.40. The summed E-state index contributed by atoms with van der Waals surface area (Å²) in [6.07, 6.45) is 4.34. The third-order valence-electron chi connectivity index (χ3n) is 5.00. The molecular weight excluding hydrogens is 172 g/mol. The SMILES string of the molecule is C=C1C[C@]2(C)CCC[C@H](O)[C@H]1C2(C)C. The predicted octanol–water partition coefficient (Wildman–Crippen LogP) is 3.14. The van der Waals surface area contributed by atoms with Crippen molar-refractivity contribution in [2.75, 3.05) is 0 Å². The summed E-state index contributed by atoms with van der Waals surface area (Å²) in [5, 5.41) is 10.1.